The van der Waals surface area contributed by atoms with Gasteiger partial charge in [-0.25, -0.2) is 0 Å². The molecule has 1 aromatic carbocycles. The molecule has 2 nitrogen and oxygen atoms in total. The highest BCUT2D eigenvalue weighted by atomic mass is 16.5. The van der Waals surface area contributed by atoms with E-state index in [0.29, 0.717) is 13.2 Å². The lowest BCUT2D eigenvalue weighted by molar-refractivity contribution is 0.308. The largest absolute Gasteiger partial charge is 0.493 e. The normalized spacial score (nSPS) is 11.4. The Hall–Kier alpha value is -1.70. The highest BCUT2D eigenvalue weighted by Gasteiger charge is 1.97. The van der Waals surface area contributed by atoms with Crippen molar-refractivity contribution in [2.24, 2.45) is 0 Å². The van der Waals surface area contributed by atoms with E-state index in [1.807, 2.05) is 18.2 Å². The zero-order valence-electron chi connectivity index (χ0n) is 14.0. The molecule has 0 fully saturated rings. The smallest absolute Gasteiger partial charge is 0.130 e. The minimum atomic E-state index is 0.680. The molecule has 0 aliphatic heterocycles. The van der Waals surface area contributed by atoms with Crippen LogP contribution in [0.2, 0.25) is 0 Å². The molecule has 0 aromatic heterocycles. The highest BCUT2D eigenvalue weighted by molar-refractivity contribution is 5.31. The molecule has 0 saturated carbocycles. The van der Waals surface area contributed by atoms with E-state index in [0.717, 1.165) is 37.2 Å². The zero-order valence-corrected chi connectivity index (χ0v) is 14.0. The highest BCUT2D eigenvalue weighted by Crippen LogP contribution is 2.19. The van der Waals surface area contributed by atoms with Gasteiger partial charge in [-0.1, -0.05) is 51.0 Å². The monoisotopic (exact) mass is 301 g/mol. The average Bonchev–Trinajstić information content (AvgIpc) is 2.54. The van der Waals surface area contributed by atoms with Crippen LogP contribution in [0.1, 0.15) is 52.4 Å². The third-order valence-corrected chi connectivity index (χ3v) is 3.09. The maximum Gasteiger partial charge on any atom is 0.130 e. The maximum absolute atomic E-state index is 5.72. The Kier molecular flexibility index (Phi) is 10.8. The van der Waals surface area contributed by atoms with Gasteiger partial charge in [-0.2, -0.15) is 0 Å². The number of allylic oxidation sites excluding steroid dienone is 2. The van der Waals surface area contributed by atoms with Gasteiger partial charge in [0.25, 0.3) is 0 Å². The van der Waals surface area contributed by atoms with Crippen LogP contribution in [-0.2, 0) is 0 Å². The summed E-state index contributed by atoms with van der Waals surface area (Å²) in [5, 5.41) is 0. The fourth-order valence-corrected chi connectivity index (χ4v) is 1.88. The van der Waals surface area contributed by atoms with Crippen LogP contribution >= 0.6 is 0 Å². The van der Waals surface area contributed by atoms with Gasteiger partial charge >= 0.3 is 0 Å². The van der Waals surface area contributed by atoms with E-state index in [2.05, 4.69) is 44.2 Å². The lowest BCUT2D eigenvalue weighted by atomic mass is 10.3. The van der Waals surface area contributed by atoms with E-state index in [-0.39, 0.29) is 0 Å². The van der Waals surface area contributed by atoms with Crippen molar-refractivity contribution in [1.82, 2.24) is 0 Å². The Labute approximate surface area is 135 Å². The minimum Gasteiger partial charge on any atom is -0.493 e. The standard InChI is InChI=1S/C20H29O2/c1-3-5-7-9-11-16-21-19-14-13-15-20(18-19)22-17-12-10-8-6-4-2/h7-10,13-14,18H,3-6,11-12,16-17H2,1-2H3. The molecule has 0 aliphatic rings. The molecule has 1 rings (SSSR count). The molecule has 0 saturated heterocycles. The lowest BCUT2D eigenvalue weighted by Gasteiger charge is -2.08. The first-order valence-corrected chi connectivity index (χ1v) is 8.44. The third-order valence-electron chi connectivity index (χ3n) is 3.09. The first-order chi connectivity index (χ1) is 10.9. The van der Waals surface area contributed by atoms with Gasteiger partial charge in [0.15, 0.2) is 0 Å². The van der Waals surface area contributed by atoms with Crippen molar-refractivity contribution in [2.45, 2.75) is 52.4 Å². The fourth-order valence-electron chi connectivity index (χ4n) is 1.88. The summed E-state index contributed by atoms with van der Waals surface area (Å²) >= 11 is 0. The molecule has 0 N–H and O–H groups in total. The van der Waals surface area contributed by atoms with Crippen molar-refractivity contribution in [2.75, 3.05) is 13.2 Å². The van der Waals surface area contributed by atoms with Gasteiger partial charge in [0.2, 0.25) is 0 Å². The molecule has 22 heavy (non-hydrogen) atoms. The topological polar surface area (TPSA) is 18.5 Å². The molecule has 0 unspecified atom stereocenters. The molecule has 2 heteroatoms. The van der Waals surface area contributed by atoms with Gasteiger partial charge in [0.05, 0.1) is 13.2 Å². The molecule has 1 aromatic rings. The van der Waals surface area contributed by atoms with E-state index in [1.54, 1.807) is 0 Å². The van der Waals surface area contributed by atoms with Crippen LogP contribution in [0, 0.1) is 6.07 Å². The second kappa shape index (κ2) is 13.0. The predicted molar refractivity (Wildman–Crippen MR) is 93.6 cm³/mol. The first kappa shape index (κ1) is 18.3. The van der Waals surface area contributed by atoms with Crippen molar-refractivity contribution in [3.05, 3.63) is 48.6 Å². The Bertz CT molecular complexity index is 398. The quantitative estimate of drug-likeness (QED) is 0.362. The molecular formula is C20H29O2. The summed E-state index contributed by atoms with van der Waals surface area (Å²) in [6, 6.07) is 8.77. The second-order valence-corrected chi connectivity index (χ2v) is 5.18. The fraction of sp³-hybridized carbons (Fsp3) is 0.500. The van der Waals surface area contributed by atoms with Gasteiger partial charge in [0, 0.05) is 12.1 Å². The zero-order chi connectivity index (χ0) is 15.9. The van der Waals surface area contributed by atoms with Crippen LogP contribution in [0.15, 0.2) is 42.5 Å². The number of unbranched alkanes of at least 4 members (excludes halogenated alkanes) is 2. The van der Waals surface area contributed by atoms with E-state index in [4.69, 9.17) is 9.47 Å². The molecular weight excluding hydrogens is 272 g/mol. The second-order valence-electron chi connectivity index (χ2n) is 5.18. The van der Waals surface area contributed by atoms with E-state index in [1.165, 1.54) is 12.8 Å². The van der Waals surface area contributed by atoms with E-state index in [9.17, 15) is 0 Å². The van der Waals surface area contributed by atoms with Gasteiger partial charge in [-0.05, 0) is 37.8 Å². The lowest BCUT2D eigenvalue weighted by Crippen LogP contribution is -1.98. The number of ether oxygens (including phenoxy) is 2. The number of benzene rings is 1. The van der Waals surface area contributed by atoms with Crippen molar-refractivity contribution >= 4 is 0 Å². The first-order valence-electron chi connectivity index (χ1n) is 8.44. The number of rotatable bonds is 12. The van der Waals surface area contributed by atoms with Crippen LogP contribution in [0.3, 0.4) is 0 Å². The van der Waals surface area contributed by atoms with E-state index < -0.39 is 0 Å². The van der Waals surface area contributed by atoms with Crippen molar-refractivity contribution in [3.8, 4) is 11.5 Å². The summed E-state index contributed by atoms with van der Waals surface area (Å²) in [5.74, 6) is 1.60. The summed E-state index contributed by atoms with van der Waals surface area (Å²) in [7, 11) is 0. The molecule has 0 aliphatic carbocycles. The Morgan fingerprint density at radius 2 is 1.45 bits per heavy atom. The van der Waals surface area contributed by atoms with Crippen LogP contribution in [0.25, 0.3) is 0 Å². The van der Waals surface area contributed by atoms with Crippen LogP contribution < -0.4 is 9.47 Å². The van der Waals surface area contributed by atoms with Gasteiger partial charge in [-0.15, -0.1) is 0 Å². The van der Waals surface area contributed by atoms with Gasteiger partial charge in [-0.3, -0.25) is 0 Å². The SMILES string of the molecule is CCCC=CCCOc1[c]ccc(OCCC=CCCC)c1. The Morgan fingerprint density at radius 1 is 0.864 bits per heavy atom. The Morgan fingerprint density at radius 3 is 2.09 bits per heavy atom. The van der Waals surface area contributed by atoms with Crippen molar-refractivity contribution in [3.63, 3.8) is 0 Å². The van der Waals surface area contributed by atoms with Crippen LogP contribution in [0.5, 0.6) is 11.5 Å². The Balaban J connectivity index is 2.24. The molecule has 1 radical (unpaired) electrons. The van der Waals surface area contributed by atoms with Crippen LogP contribution in [-0.4, -0.2) is 13.2 Å². The number of hydrogen-bond acceptors (Lipinski definition) is 2. The molecule has 0 spiro atoms. The maximum atomic E-state index is 5.72. The average molecular weight is 301 g/mol. The van der Waals surface area contributed by atoms with E-state index >= 15 is 0 Å². The van der Waals surface area contributed by atoms with Crippen LogP contribution in [0.4, 0.5) is 0 Å². The molecule has 0 amide bonds. The molecule has 121 valence electrons. The van der Waals surface area contributed by atoms with Crippen molar-refractivity contribution in [1.29, 1.82) is 0 Å². The van der Waals surface area contributed by atoms with Gasteiger partial charge < -0.3 is 9.47 Å². The predicted octanol–water partition coefficient (Wildman–Crippen LogP) is 5.74. The van der Waals surface area contributed by atoms with Gasteiger partial charge in [0.1, 0.15) is 11.5 Å². The summed E-state index contributed by atoms with van der Waals surface area (Å²) in [5.41, 5.74) is 0. The minimum absolute atomic E-state index is 0.680. The molecule has 0 heterocycles. The molecule has 0 atom stereocenters. The number of hydrogen-bond donors (Lipinski definition) is 0. The summed E-state index contributed by atoms with van der Waals surface area (Å²) in [6.07, 6.45) is 15.3. The summed E-state index contributed by atoms with van der Waals surface area (Å²) in [6.45, 7) is 5.74. The summed E-state index contributed by atoms with van der Waals surface area (Å²) in [4.78, 5) is 0. The van der Waals surface area contributed by atoms with Crippen molar-refractivity contribution < 1.29 is 9.47 Å². The summed E-state index contributed by atoms with van der Waals surface area (Å²) < 4.78 is 11.4. The third kappa shape index (κ3) is 9.28. The molecule has 0 bridgehead atoms.